The minimum atomic E-state index is -0.419. The van der Waals surface area contributed by atoms with E-state index < -0.39 is 5.91 Å². The third-order valence-corrected chi connectivity index (χ3v) is 5.07. The van der Waals surface area contributed by atoms with Gasteiger partial charge in [-0.3, -0.25) is 14.9 Å². The lowest BCUT2D eigenvalue weighted by Crippen LogP contribution is -2.19. The highest BCUT2D eigenvalue weighted by Gasteiger charge is 2.26. The van der Waals surface area contributed by atoms with E-state index in [2.05, 4.69) is 25.7 Å². The van der Waals surface area contributed by atoms with Crippen molar-refractivity contribution in [3.8, 4) is 17.5 Å². The van der Waals surface area contributed by atoms with Crippen LogP contribution in [0.3, 0.4) is 0 Å². The van der Waals surface area contributed by atoms with Crippen LogP contribution in [0.15, 0.2) is 30.0 Å². The molecule has 2 aromatic heterocycles. The molecule has 3 heterocycles. The standard InChI is InChI=1S/C20H17ClN6O4/c1-30-15-8-12(21)2-5-14(15)31-20-25-17-11(6-10-7-16(28)24-18(10)29)9-22-27(17)19(26-20)23-13-3-4-13/h2,5-6,8-9,13H,3-4,7H2,1H3,(H,23,25,26)(H,24,28,29)/b10-6+. The molecule has 0 bridgehead atoms. The van der Waals surface area contributed by atoms with E-state index in [1.807, 2.05) is 0 Å². The van der Waals surface area contributed by atoms with E-state index in [1.165, 1.54) is 7.11 Å². The highest BCUT2D eigenvalue weighted by molar-refractivity contribution is 6.30. The summed E-state index contributed by atoms with van der Waals surface area (Å²) < 4.78 is 12.8. The Morgan fingerprint density at radius 3 is 2.81 bits per heavy atom. The Balaban J connectivity index is 1.58. The van der Waals surface area contributed by atoms with E-state index >= 15 is 0 Å². The molecule has 158 valence electrons. The molecule has 0 spiro atoms. The molecule has 11 heteroatoms. The average molecular weight is 441 g/mol. The number of imide groups is 1. The van der Waals surface area contributed by atoms with E-state index in [0.29, 0.717) is 45.3 Å². The van der Waals surface area contributed by atoms with Crippen LogP contribution < -0.4 is 20.1 Å². The van der Waals surface area contributed by atoms with E-state index in [-0.39, 0.29) is 18.3 Å². The average Bonchev–Trinajstić information content (AvgIpc) is 3.38. The third kappa shape index (κ3) is 3.89. The van der Waals surface area contributed by atoms with Gasteiger partial charge in [0.05, 0.1) is 19.7 Å². The van der Waals surface area contributed by atoms with Gasteiger partial charge in [0.15, 0.2) is 17.1 Å². The number of ether oxygens (including phenoxy) is 2. The first-order chi connectivity index (χ1) is 15.0. The maximum absolute atomic E-state index is 12.0. The topological polar surface area (TPSA) is 120 Å². The quantitative estimate of drug-likeness (QED) is 0.443. The van der Waals surface area contributed by atoms with Crippen LogP contribution >= 0.6 is 11.6 Å². The largest absolute Gasteiger partial charge is 0.493 e. The molecule has 1 aliphatic heterocycles. The smallest absolute Gasteiger partial charge is 0.327 e. The molecule has 1 saturated heterocycles. The molecule has 2 fully saturated rings. The van der Waals surface area contributed by atoms with Crippen LogP contribution in [0.4, 0.5) is 5.95 Å². The number of halogens is 1. The highest BCUT2D eigenvalue weighted by Crippen LogP contribution is 2.34. The van der Waals surface area contributed by atoms with E-state index in [9.17, 15) is 9.59 Å². The summed E-state index contributed by atoms with van der Waals surface area (Å²) in [7, 11) is 1.51. The molecule has 1 saturated carbocycles. The van der Waals surface area contributed by atoms with Gasteiger partial charge in [-0.15, -0.1) is 0 Å². The molecule has 2 amide bonds. The minimum absolute atomic E-state index is 0.0137. The molecular formula is C20H17ClN6O4. The molecule has 0 unspecified atom stereocenters. The SMILES string of the molecule is COc1cc(Cl)ccc1Oc1nc(NC2CC2)n2ncc(/C=C3\CC(=O)NC3=O)c2n1. The number of hydrogen-bond donors (Lipinski definition) is 2. The van der Waals surface area contributed by atoms with Crippen molar-refractivity contribution in [2.75, 3.05) is 12.4 Å². The highest BCUT2D eigenvalue weighted by atomic mass is 35.5. The number of aromatic nitrogens is 4. The predicted octanol–water partition coefficient (Wildman–Crippen LogP) is 2.58. The van der Waals surface area contributed by atoms with Crippen molar-refractivity contribution < 1.29 is 19.1 Å². The Labute approximate surface area is 181 Å². The molecule has 0 atom stereocenters. The fraction of sp³-hybridized carbons (Fsp3) is 0.250. The Morgan fingerprint density at radius 2 is 2.10 bits per heavy atom. The second-order valence-electron chi connectivity index (χ2n) is 7.20. The van der Waals surface area contributed by atoms with Crippen molar-refractivity contribution in [2.45, 2.75) is 25.3 Å². The number of anilines is 1. The first-order valence-corrected chi connectivity index (χ1v) is 9.96. The first kappa shape index (κ1) is 19.3. The number of amides is 2. The zero-order valence-corrected chi connectivity index (χ0v) is 17.1. The number of carbonyl (C=O) groups is 2. The summed E-state index contributed by atoms with van der Waals surface area (Å²) in [6.45, 7) is 0. The van der Waals surface area contributed by atoms with Crippen LogP contribution in [0.25, 0.3) is 11.7 Å². The van der Waals surface area contributed by atoms with Crippen molar-refractivity contribution in [2.24, 2.45) is 0 Å². The zero-order chi connectivity index (χ0) is 21.5. The Hall–Kier alpha value is -3.66. The summed E-state index contributed by atoms with van der Waals surface area (Å²) in [6, 6.07) is 5.34. The summed E-state index contributed by atoms with van der Waals surface area (Å²) in [6.07, 6.45) is 5.25. The Kier molecular flexibility index (Phi) is 4.70. The number of nitrogens with one attached hydrogen (secondary N) is 2. The number of hydrogen-bond acceptors (Lipinski definition) is 8. The Bertz CT molecular complexity index is 1250. The van der Waals surface area contributed by atoms with E-state index in [4.69, 9.17) is 21.1 Å². The lowest BCUT2D eigenvalue weighted by atomic mass is 10.1. The monoisotopic (exact) mass is 440 g/mol. The van der Waals surface area contributed by atoms with Crippen molar-refractivity contribution >= 4 is 41.1 Å². The van der Waals surface area contributed by atoms with Gasteiger partial charge in [0, 0.05) is 28.3 Å². The predicted molar refractivity (Wildman–Crippen MR) is 111 cm³/mol. The maximum Gasteiger partial charge on any atom is 0.327 e. The maximum atomic E-state index is 12.0. The van der Waals surface area contributed by atoms with Gasteiger partial charge in [0.1, 0.15) is 0 Å². The molecule has 2 N–H and O–H groups in total. The fourth-order valence-corrected chi connectivity index (χ4v) is 3.32. The first-order valence-electron chi connectivity index (χ1n) is 9.58. The molecule has 2 aliphatic rings. The van der Waals surface area contributed by atoms with Gasteiger partial charge in [0.25, 0.3) is 5.91 Å². The zero-order valence-electron chi connectivity index (χ0n) is 16.4. The number of carbonyl (C=O) groups excluding carboxylic acids is 2. The third-order valence-electron chi connectivity index (χ3n) is 4.84. The number of fused-ring (bicyclic) bond motifs is 1. The van der Waals surface area contributed by atoms with Crippen molar-refractivity contribution in [3.63, 3.8) is 0 Å². The van der Waals surface area contributed by atoms with E-state index in [1.54, 1.807) is 35.0 Å². The van der Waals surface area contributed by atoms with Gasteiger partial charge in [-0.2, -0.15) is 19.6 Å². The molecule has 1 aliphatic carbocycles. The Morgan fingerprint density at radius 1 is 1.26 bits per heavy atom. The summed E-state index contributed by atoms with van der Waals surface area (Å²) in [5.74, 6) is 0.542. The van der Waals surface area contributed by atoms with Crippen LogP contribution in [-0.2, 0) is 9.59 Å². The molecule has 5 rings (SSSR count). The van der Waals surface area contributed by atoms with Gasteiger partial charge < -0.3 is 14.8 Å². The van der Waals surface area contributed by atoms with Gasteiger partial charge in [-0.25, -0.2) is 0 Å². The van der Waals surface area contributed by atoms with Gasteiger partial charge in [0.2, 0.25) is 11.9 Å². The molecule has 10 nitrogen and oxygen atoms in total. The van der Waals surface area contributed by atoms with Gasteiger partial charge in [-0.1, -0.05) is 11.6 Å². The van der Waals surface area contributed by atoms with E-state index in [0.717, 1.165) is 12.8 Å². The van der Waals surface area contributed by atoms with Crippen molar-refractivity contribution in [1.29, 1.82) is 0 Å². The van der Waals surface area contributed by atoms with Crippen molar-refractivity contribution in [1.82, 2.24) is 24.9 Å². The van der Waals surface area contributed by atoms with Gasteiger partial charge >= 0.3 is 6.01 Å². The number of benzene rings is 1. The van der Waals surface area contributed by atoms with Gasteiger partial charge in [-0.05, 0) is 31.1 Å². The fourth-order valence-electron chi connectivity index (χ4n) is 3.16. The van der Waals surface area contributed by atoms with Crippen molar-refractivity contribution in [3.05, 3.63) is 40.6 Å². The summed E-state index contributed by atoms with van der Waals surface area (Å²) >= 11 is 6.02. The normalized spacial score (nSPS) is 17.3. The van der Waals surface area contributed by atoms with Crippen LogP contribution in [0.2, 0.25) is 5.02 Å². The lowest BCUT2D eigenvalue weighted by molar-refractivity contribution is -0.124. The summed E-state index contributed by atoms with van der Waals surface area (Å²) in [5, 5.41) is 10.4. The van der Waals surface area contributed by atoms with Crippen LogP contribution in [0.5, 0.6) is 17.5 Å². The van der Waals surface area contributed by atoms with Crippen LogP contribution in [-0.4, -0.2) is 44.5 Å². The second-order valence-corrected chi connectivity index (χ2v) is 7.64. The lowest BCUT2D eigenvalue weighted by Gasteiger charge is -2.11. The second kappa shape index (κ2) is 7.55. The molecule has 3 aromatic rings. The molecule has 1 aromatic carbocycles. The molecule has 31 heavy (non-hydrogen) atoms. The minimum Gasteiger partial charge on any atom is -0.493 e. The molecular weight excluding hydrogens is 424 g/mol. The summed E-state index contributed by atoms with van der Waals surface area (Å²) in [4.78, 5) is 32.4. The number of nitrogens with zero attached hydrogens (tertiary/aromatic N) is 4. The number of methoxy groups -OCH3 is 1. The number of rotatable bonds is 6. The molecule has 0 radical (unpaired) electrons. The van der Waals surface area contributed by atoms with Crippen LogP contribution in [0, 0.1) is 0 Å². The van der Waals surface area contributed by atoms with Crippen LogP contribution in [0.1, 0.15) is 24.8 Å². The summed E-state index contributed by atoms with van der Waals surface area (Å²) in [5.41, 5.74) is 1.34.